The maximum atomic E-state index is 12.7. The molecule has 5 heteroatoms. The fourth-order valence-electron chi connectivity index (χ4n) is 2.56. The van der Waals surface area contributed by atoms with Gasteiger partial charge in [0.1, 0.15) is 5.60 Å². The van der Waals surface area contributed by atoms with Gasteiger partial charge in [0.05, 0.1) is 22.3 Å². The number of aromatic nitrogens is 2. The average Bonchev–Trinajstić information content (AvgIpc) is 2.72. The molecule has 0 aliphatic carbocycles. The van der Waals surface area contributed by atoms with Crippen molar-refractivity contribution in [1.82, 2.24) is 9.78 Å². The van der Waals surface area contributed by atoms with Gasteiger partial charge in [0.2, 0.25) is 0 Å². The lowest BCUT2D eigenvalue weighted by Crippen LogP contribution is -2.42. The molecule has 4 nitrogen and oxygen atoms in total. The molecule has 1 aromatic rings. The molecule has 0 atom stereocenters. The minimum Gasteiger partial charge on any atom is -0.368 e. The van der Waals surface area contributed by atoms with E-state index in [4.69, 9.17) is 4.74 Å². The number of ketones is 1. The highest BCUT2D eigenvalue weighted by Crippen LogP contribution is 2.27. The van der Waals surface area contributed by atoms with E-state index < -0.39 is 5.60 Å². The molecule has 0 bridgehead atoms. The fourth-order valence-corrected chi connectivity index (χ4v) is 2.98. The Hall–Kier alpha value is -0.680. The monoisotopic (exact) mass is 344 g/mol. The van der Waals surface area contributed by atoms with Gasteiger partial charge in [-0.15, -0.1) is 0 Å². The van der Waals surface area contributed by atoms with Crippen molar-refractivity contribution >= 4 is 21.7 Å². The molecule has 0 aliphatic heterocycles. The summed E-state index contributed by atoms with van der Waals surface area (Å²) in [6, 6.07) is 0. The van der Waals surface area contributed by atoms with E-state index >= 15 is 0 Å². The summed E-state index contributed by atoms with van der Waals surface area (Å²) in [5.41, 5.74) is 1.20. The first-order chi connectivity index (χ1) is 9.45. The second-order valence-corrected chi connectivity index (χ2v) is 5.69. The zero-order chi connectivity index (χ0) is 15.3. The van der Waals surface area contributed by atoms with E-state index in [-0.39, 0.29) is 5.78 Å². The summed E-state index contributed by atoms with van der Waals surface area (Å²) in [5.74, 6) is 0.139. The van der Waals surface area contributed by atoms with Gasteiger partial charge in [0.15, 0.2) is 5.78 Å². The largest absolute Gasteiger partial charge is 0.368 e. The maximum Gasteiger partial charge on any atom is 0.170 e. The fraction of sp³-hybridized carbons (Fsp3) is 0.733. The second-order valence-electron chi connectivity index (χ2n) is 4.90. The van der Waals surface area contributed by atoms with Crippen molar-refractivity contribution < 1.29 is 9.53 Å². The number of carbonyl (C=O) groups is 1. The minimum atomic E-state index is -0.662. The van der Waals surface area contributed by atoms with Gasteiger partial charge < -0.3 is 4.74 Å². The lowest BCUT2D eigenvalue weighted by atomic mass is 9.89. The Balaban J connectivity index is 3.05. The van der Waals surface area contributed by atoms with Crippen LogP contribution in [0.2, 0.25) is 0 Å². The van der Waals surface area contributed by atoms with E-state index in [9.17, 15) is 4.79 Å². The number of rotatable bonds is 8. The molecule has 114 valence electrons. The van der Waals surface area contributed by atoms with Crippen LogP contribution in [0.15, 0.2) is 4.47 Å². The average molecular weight is 345 g/mol. The van der Waals surface area contributed by atoms with Gasteiger partial charge in [-0.2, -0.15) is 5.10 Å². The third-order valence-electron chi connectivity index (χ3n) is 3.85. The van der Waals surface area contributed by atoms with Gasteiger partial charge in [0, 0.05) is 13.2 Å². The van der Waals surface area contributed by atoms with E-state index in [0.29, 0.717) is 25.9 Å². The molecule has 0 unspecified atom stereocenters. The van der Waals surface area contributed by atoms with E-state index in [1.165, 1.54) is 0 Å². The molecule has 0 radical (unpaired) electrons. The van der Waals surface area contributed by atoms with Crippen LogP contribution in [-0.4, -0.2) is 27.8 Å². The molecule has 0 aliphatic rings. The molecular formula is C15H25BrN2O2. The van der Waals surface area contributed by atoms with Crippen molar-refractivity contribution in [1.29, 1.82) is 0 Å². The highest BCUT2D eigenvalue weighted by Gasteiger charge is 2.36. The lowest BCUT2D eigenvalue weighted by Gasteiger charge is -2.30. The van der Waals surface area contributed by atoms with Crippen LogP contribution in [-0.2, 0) is 22.5 Å². The molecule has 0 aromatic carbocycles. The van der Waals surface area contributed by atoms with Gasteiger partial charge in [-0.1, -0.05) is 13.8 Å². The number of aryl methyl sites for hydroxylation is 2. The predicted octanol–water partition coefficient (Wildman–Crippen LogP) is 3.68. The zero-order valence-corrected chi connectivity index (χ0v) is 14.7. The van der Waals surface area contributed by atoms with E-state index in [0.717, 1.165) is 22.4 Å². The summed E-state index contributed by atoms with van der Waals surface area (Å²) < 4.78 is 8.61. The van der Waals surface area contributed by atoms with Crippen molar-refractivity contribution in [3.63, 3.8) is 0 Å². The van der Waals surface area contributed by atoms with Crippen molar-refractivity contribution in [2.45, 2.75) is 66.0 Å². The summed E-state index contributed by atoms with van der Waals surface area (Å²) >= 11 is 3.54. The van der Waals surface area contributed by atoms with Gasteiger partial charge in [-0.25, -0.2) is 0 Å². The number of hydrogen-bond acceptors (Lipinski definition) is 3. The Morgan fingerprint density at radius 3 is 2.35 bits per heavy atom. The molecular weight excluding hydrogens is 320 g/mol. The Morgan fingerprint density at radius 2 is 1.90 bits per heavy atom. The summed E-state index contributed by atoms with van der Waals surface area (Å²) in [4.78, 5) is 12.7. The standard InChI is InChI=1S/C15H25BrN2O2/c1-6-15(7-2,20-9-4)13(19)10-12-14(16)11(5)17-18(12)8-3/h6-10H2,1-5H3. The smallest absolute Gasteiger partial charge is 0.170 e. The first-order valence-electron chi connectivity index (χ1n) is 7.34. The summed E-state index contributed by atoms with van der Waals surface area (Å²) in [5, 5.41) is 4.44. The van der Waals surface area contributed by atoms with E-state index in [2.05, 4.69) is 21.0 Å². The van der Waals surface area contributed by atoms with Crippen LogP contribution in [0.25, 0.3) is 0 Å². The van der Waals surface area contributed by atoms with Gasteiger partial charge in [0.25, 0.3) is 0 Å². The van der Waals surface area contributed by atoms with Gasteiger partial charge in [-0.05, 0) is 49.5 Å². The minimum absolute atomic E-state index is 0.139. The maximum absolute atomic E-state index is 12.7. The van der Waals surface area contributed by atoms with E-state index in [1.807, 2.05) is 39.3 Å². The third-order valence-corrected chi connectivity index (χ3v) is 4.88. The number of hydrogen-bond donors (Lipinski definition) is 0. The predicted molar refractivity (Wildman–Crippen MR) is 84.0 cm³/mol. The normalized spacial score (nSPS) is 11.9. The van der Waals surface area contributed by atoms with Crippen LogP contribution in [0, 0.1) is 6.92 Å². The first-order valence-corrected chi connectivity index (χ1v) is 8.13. The molecule has 1 heterocycles. The molecule has 0 amide bonds. The Kier molecular flexibility index (Phi) is 6.40. The SMILES string of the molecule is CCOC(CC)(CC)C(=O)Cc1c(Br)c(C)nn1CC. The Labute approximate surface area is 130 Å². The quantitative estimate of drug-likeness (QED) is 0.722. The van der Waals surface area contributed by atoms with Crippen LogP contribution in [0.3, 0.4) is 0 Å². The first kappa shape index (κ1) is 17.4. The van der Waals surface area contributed by atoms with Crippen LogP contribution in [0.1, 0.15) is 51.9 Å². The Bertz CT molecular complexity index is 465. The highest BCUT2D eigenvalue weighted by atomic mass is 79.9. The van der Waals surface area contributed by atoms with Crippen LogP contribution in [0.5, 0.6) is 0 Å². The lowest BCUT2D eigenvalue weighted by molar-refractivity contribution is -0.144. The zero-order valence-electron chi connectivity index (χ0n) is 13.1. The number of Topliss-reactive ketones (excluding diaryl/α,β-unsaturated/α-hetero) is 1. The molecule has 0 N–H and O–H groups in total. The van der Waals surface area contributed by atoms with Crippen molar-refractivity contribution in [3.05, 3.63) is 15.9 Å². The van der Waals surface area contributed by atoms with Crippen molar-refractivity contribution in [3.8, 4) is 0 Å². The van der Waals surface area contributed by atoms with Crippen LogP contribution < -0.4 is 0 Å². The summed E-state index contributed by atoms with van der Waals surface area (Å²) in [6.45, 7) is 11.2. The third kappa shape index (κ3) is 3.31. The summed E-state index contributed by atoms with van der Waals surface area (Å²) in [7, 11) is 0. The second kappa shape index (κ2) is 7.36. The number of carbonyl (C=O) groups excluding carboxylic acids is 1. The highest BCUT2D eigenvalue weighted by molar-refractivity contribution is 9.10. The topological polar surface area (TPSA) is 44.1 Å². The van der Waals surface area contributed by atoms with E-state index in [1.54, 1.807) is 0 Å². The Morgan fingerprint density at radius 1 is 1.30 bits per heavy atom. The van der Waals surface area contributed by atoms with Gasteiger partial charge >= 0.3 is 0 Å². The van der Waals surface area contributed by atoms with Gasteiger partial charge in [-0.3, -0.25) is 9.48 Å². The molecule has 1 aromatic heterocycles. The van der Waals surface area contributed by atoms with Crippen LogP contribution >= 0.6 is 15.9 Å². The molecule has 1 rings (SSSR count). The number of ether oxygens (including phenoxy) is 1. The molecule has 0 saturated carbocycles. The number of nitrogens with zero attached hydrogens (tertiary/aromatic N) is 2. The van der Waals surface area contributed by atoms with Crippen molar-refractivity contribution in [2.24, 2.45) is 0 Å². The number of halogens is 1. The molecule has 20 heavy (non-hydrogen) atoms. The molecule has 0 saturated heterocycles. The van der Waals surface area contributed by atoms with Crippen molar-refractivity contribution in [2.75, 3.05) is 6.61 Å². The van der Waals surface area contributed by atoms with Crippen LogP contribution in [0.4, 0.5) is 0 Å². The molecule has 0 spiro atoms. The summed E-state index contributed by atoms with van der Waals surface area (Å²) in [6.07, 6.45) is 1.76. The molecule has 0 fully saturated rings.